The standard InChI is InChI=1S/C5H6INS.C2H6/c1-3-5(6)4(2)8-7-3;1-2/h1-2H3;1-2H3. The van der Waals surface area contributed by atoms with E-state index in [2.05, 4.69) is 33.9 Å². The van der Waals surface area contributed by atoms with Gasteiger partial charge in [0.25, 0.3) is 0 Å². The Morgan fingerprint density at radius 3 is 1.90 bits per heavy atom. The van der Waals surface area contributed by atoms with Crippen molar-refractivity contribution in [3.63, 3.8) is 0 Å². The predicted octanol–water partition coefficient (Wildman–Crippen LogP) is 3.39. The van der Waals surface area contributed by atoms with E-state index in [0.29, 0.717) is 0 Å². The lowest BCUT2D eigenvalue weighted by Gasteiger charge is -1.81. The third-order valence-electron chi connectivity index (χ3n) is 0.946. The topological polar surface area (TPSA) is 12.9 Å². The summed E-state index contributed by atoms with van der Waals surface area (Å²) < 4.78 is 5.46. The number of rotatable bonds is 0. The summed E-state index contributed by atoms with van der Waals surface area (Å²) in [6.45, 7) is 8.12. The smallest absolute Gasteiger partial charge is 0.0647 e. The fraction of sp³-hybridized carbons (Fsp3) is 0.571. The summed E-state index contributed by atoms with van der Waals surface area (Å²) in [5, 5.41) is 0. The van der Waals surface area contributed by atoms with Crippen LogP contribution in [0.4, 0.5) is 0 Å². The van der Waals surface area contributed by atoms with Crippen LogP contribution < -0.4 is 0 Å². The molecule has 10 heavy (non-hydrogen) atoms. The third-order valence-corrected chi connectivity index (χ3v) is 3.75. The zero-order valence-corrected chi connectivity index (χ0v) is 9.71. The minimum absolute atomic E-state index is 1.16. The summed E-state index contributed by atoms with van der Waals surface area (Å²) in [6.07, 6.45) is 0. The van der Waals surface area contributed by atoms with E-state index < -0.39 is 0 Å². The van der Waals surface area contributed by atoms with Gasteiger partial charge in [0.15, 0.2) is 0 Å². The molecule has 0 saturated carbocycles. The molecule has 0 amide bonds. The molecule has 0 bridgehead atoms. The van der Waals surface area contributed by atoms with Gasteiger partial charge in [0, 0.05) is 8.45 Å². The molecule has 0 aliphatic heterocycles. The van der Waals surface area contributed by atoms with Crippen molar-refractivity contribution in [2.24, 2.45) is 0 Å². The molecule has 0 aliphatic rings. The number of hydrogen-bond acceptors (Lipinski definition) is 2. The van der Waals surface area contributed by atoms with Gasteiger partial charge in [-0.1, -0.05) is 13.8 Å². The van der Waals surface area contributed by atoms with E-state index in [1.807, 2.05) is 20.8 Å². The van der Waals surface area contributed by atoms with Gasteiger partial charge in [0.1, 0.15) is 0 Å². The SMILES string of the molecule is CC.Cc1nsc(C)c1I. The highest BCUT2D eigenvalue weighted by Gasteiger charge is 1.99. The molecule has 0 N–H and O–H groups in total. The molecular weight excluding hydrogens is 257 g/mol. The van der Waals surface area contributed by atoms with Crippen molar-refractivity contribution in [1.82, 2.24) is 4.37 Å². The van der Waals surface area contributed by atoms with Gasteiger partial charge in [-0.15, -0.1) is 0 Å². The first-order chi connectivity index (χ1) is 4.72. The van der Waals surface area contributed by atoms with Crippen LogP contribution in [0.3, 0.4) is 0 Å². The molecule has 0 atom stereocenters. The average Bonchev–Trinajstić information content (AvgIpc) is 2.25. The minimum Gasteiger partial charge on any atom is -0.197 e. The molecule has 0 fully saturated rings. The van der Waals surface area contributed by atoms with Crippen LogP contribution in [-0.4, -0.2) is 4.37 Å². The Hall–Kier alpha value is 0.360. The summed E-state index contributed by atoms with van der Waals surface area (Å²) in [6, 6.07) is 0. The molecule has 1 aromatic rings. The Kier molecular flexibility index (Phi) is 5.25. The fourth-order valence-corrected chi connectivity index (χ4v) is 1.64. The van der Waals surface area contributed by atoms with Gasteiger partial charge >= 0.3 is 0 Å². The second kappa shape index (κ2) is 5.07. The number of aromatic nitrogens is 1. The normalized spacial score (nSPS) is 8.50. The predicted molar refractivity (Wildman–Crippen MR) is 55.7 cm³/mol. The Morgan fingerprint density at radius 1 is 1.30 bits per heavy atom. The van der Waals surface area contributed by atoms with E-state index in [4.69, 9.17) is 0 Å². The van der Waals surface area contributed by atoms with E-state index in [-0.39, 0.29) is 0 Å². The molecule has 0 aliphatic carbocycles. The van der Waals surface area contributed by atoms with Crippen molar-refractivity contribution < 1.29 is 0 Å². The average molecular weight is 269 g/mol. The van der Waals surface area contributed by atoms with Gasteiger partial charge in [0.2, 0.25) is 0 Å². The lowest BCUT2D eigenvalue weighted by Crippen LogP contribution is -1.71. The van der Waals surface area contributed by atoms with Crippen LogP contribution in [-0.2, 0) is 0 Å². The first-order valence-electron chi connectivity index (χ1n) is 3.30. The van der Waals surface area contributed by atoms with Crippen molar-refractivity contribution in [2.75, 3.05) is 0 Å². The molecule has 0 spiro atoms. The molecule has 1 nitrogen and oxygen atoms in total. The number of aryl methyl sites for hydroxylation is 2. The van der Waals surface area contributed by atoms with Crippen molar-refractivity contribution in [3.8, 4) is 0 Å². The summed E-state index contributed by atoms with van der Waals surface area (Å²) >= 11 is 3.89. The maximum atomic E-state index is 4.15. The monoisotopic (exact) mass is 269 g/mol. The molecule has 0 aromatic carbocycles. The number of nitrogens with zero attached hydrogens (tertiary/aromatic N) is 1. The van der Waals surface area contributed by atoms with Crippen LogP contribution in [0, 0.1) is 17.4 Å². The third kappa shape index (κ3) is 2.54. The van der Waals surface area contributed by atoms with Crippen LogP contribution in [0.15, 0.2) is 0 Å². The van der Waals surface area contributed by atoms with Gasteiger partial charge in [-0.05, 0) is 48.0 Å². The number of halogens is 1. The van der Waals surface area contributed by atoms with Gasteiger partial charge in [-0.25, -0.2) is 0 Å². The Balaban J connectivity index is 0.000000371. The van der Waals surface area contributed by atoms with Gasteiger partial charge in [-0.2, -0.15) is 4.37 Å². The zero-order valence-electron chi connectivity index (χ0n) is 6.73. The van der Waals surface area contributed by atoms with Gasteiger partial charge in [0.05, 0.1) is 5.69 Å². The Bertz CT molecular complexity index is 176. The summed E-state index contributed by atoms with van der Waals surface area (Å²) in [5.74, 6) is 0. The maximum Gasteiger partial charge on any atom is 0.0647 e. The fourth-order valence-electron chi connectivity index (χ4n) is 0.472. The van der Waals surface area contributed by atoms with E-state index >= 15 is 0 Å². The molecule has 1 rings (SSSR count). The lowest BCUT2D eigenvalue weighted by molar-refractivity contribution is 1.31. The van der Waals surface area contributed by atoms with E-state index in [1.54, 1.807) is 11.5 Å². The Labute approximate surface area is 80.2 Å². The van der Waals surface area contributed by atoms with Crippen molar-refractivity contribution in [2.45, 2.75) is 27.7 Å². The van der Waals surface area contributed by atoms with Gasteiger partial charge in [-0.3, -0.25) is 0 Å². The largest absolute Gasteiger partial charge is 0.197 e. The zero-order chi connectivity index (χ0) is 8.15. The second-order valence-corrected chi connectivity index (χ2v) is 3.69. The van der Waals surface area contributed by atoms with E-state index in [9.17, 15) is 0 Å². The molecular formula is C7H12INS. The summed E-state index contributed by atoms with van der Waals surface area (Å²) in [5.41, 5.74) is 1.16. The van der Waals surface area contributed by atoms with Crippen LogP contribution in [0.5, 0.6) is 0 Å². The van der Waals surface area contributed by atoms with Gasteiger partial charge < -0.3 is 0 Å². The highest BCUT2D eigenvalue weighted by molar-refractivity contribution is 14.1. The minimum atomic E-state index is 1.16. The van der Waals surface area contributed by atoms with Crippen LogP contribution in [0.25, 0.3) is 0 Å². The second-order valence-electron chi connectivity index (χ2n) is 1.64. The molecule has 58 valence electrons. The first-order valence-corrected chi connectivity index (χ1v) is 5.15. The maximum absolute atomic E-state index is 4.15. The molecule has 0 unspecified atom stereocenters. The Morgan fingerprint density at radius 2 is 1.80 bits per heavy atom. The summed E-state index contributed by atoms with van der Waals surface area (Å²) in [4.78, 5) is 1.32. The molecule has 0 saturated heterocycles. The molecule has 1 aromatic heterocycles. The van der Waals surface area contributed by atoms with Crippen LogP contribution >= 0.6 is 34.1 Å². The number of hydrogen-bond donors (Lipinski definition) is 0. The highest BCUT2D eigenvalue weighted by Crippen LogP contribution is 2.18. The molecule has 3 heteroatoms. The van der Waals surface area contributed by atoms with E-state index in [1.165, 1.54) is 8.45 Å². The quantitative estimate of drug-likeness (QED) is 0.658. The van der Waals surface area contributed by atoms with E-state index in [0.717, 1.165) is 5.69 Å². The molecule has 0 radical (unpaired) electrons. The van der Waals surface area contributed by atoms with Crippen molar-refractivity contribution in [1.29, 1.82) is 0 Å². The molecule has 1 heterocycles. The van der Waals surface area contributed by atoms with Crippen molar-refractivity contribution in [3.05, 3.63) is 14.1 Å². The van der Waals surface area contributed by atoms with Crippen LogP contribution in [0.1, 0.15) is 24.4 Å². The van der Waals surface area contributed by atoms with Crippen molar-refractivity contribution >= 4 is 34.1 Å². The van der Waals surface area contributed by atoms with Crippen LogP contribution in [0.2, 0.25) is 0 Å². The highest BCUT2D eigenvalue weighted by atomic mass is 127. The first kappa shape index (κ1) is 10.4. The lowest BCUT2D eigenvalue weighted by atomic mass is 10.4. The summed E-state index contributed by atoms with van der Waals surface area (Å²) in [7, 11) is 0.